The Labute approximate surface area is 134 Å². The SMILES string of the molecule is CN=C(NCCCOCC1CC1)NCCc1ccc(C)cc1. The lowest BCUT2D eigenvalue weighted by Crippen LogP contribution is -2.39. The lowest BCUT2D eigenvalue weighted by Gasteiger charge is -2.12. The largest absolute Gasteiger partial charge is 0.381 e. The molecule has 0 heterocycles. The molecule has 1 aliphatic rings. The molecule has 122 valence electrons. The summed E-state index contributed by atoms with van der Waals surface area (Å²) in [6, 6.07) is 8.68. The number of aliphatic imine (C=N–C) groups is 1. The quantitative estimate of drug-likeness (QED) is 0.419. The maximum Gasteiger partial charge on any atom is 0.190 e. The Balaban J connectivity index is 1.51. The molecule has 2 rings (SSSR count). The molecule has 1 saturated carbocycles. The molecule has 2 N–H and O–H groups in total. The molecule has 22 heavy (non-hydrogen) atoms. The zero-order valence-electron chi connectivity index (χ0n) is 13.9. The highest BCUT2D eigenvalue weighted by molar-refractivity contribution is 5.79. The molecule has 0 aliphatic heterocycles. The maximum absolute atomic E-state index is 5.62. The second-order valence-electron chi connectivity index (χ2n) is 6.03. The third-order valence-corrected chi connectivity index (χ3v) is 3.86. The minimum absolute atomic E-state index is 0.837. The molecule has 1 aromatic carbocycles. The van der Waals surface area contributed by atoms with E-state index in [0.29, 0.717) is 0 Å². The highest BCUT2D eigenvalue weighted by Crippen LogP contribution is 2.28. The van der Waals surface area contributed by atoms with Crippen LogP contribution in [0.4, 0.5) is 0 Å². The van der Waals surface area contributed by atoms with Gasteiger partial charge >= 0.3 is 0 Å². The molecule has 0 radical (unpaired) electrons. The van der Waals surface area contributed by atoms with Gasteiger partial charge in [0.1, 0.15) is 0 Å². The summed E-state index contributed by atoms with van der Waals surface area (Å²) in [4.78, 5) is 4.24. The highest BCUT2D eigenvalue weighted by Gasteiger charge is 2.20. The van der Waals surface area contributed by atoms with E-state index in [-0.39, 0.29) is 0 Å². The zero-order chi connectivity index (χ0) is 15.6. The molecule has 0 spiro atoms. The van der Waals surface area contributed by atoms with Crippen LogP contribution in [0.2, 0.25) is 0 Å². The van der Waals surface area contributed by atoms with Gasteiger partial charge in [0.15, 0.2) is 5.96 Å². The van der Waals surface area contributed by atoms with Gasteiger partial charge in [0.05, 0.1) is 0 Å². The molecular formula is C18H29N3O. The topological polar surface area (TPSA) is 45.7 Å². The summed E-state index contributed by atoms with van der Waals surface area (Å²) >= 11 is 0. The fourth-order valence-corrected chi connectivity index (χ4v) is 2.22. The number of hydrogen-bond acceptors (Lipinski definition) is 2. The summed E-state index contributed by atoms with van der Waals surface area (Å²) in [7, 11) is 1.81. The lowest BCUT2D eigenvalue weighted by atomic mass is 10.1. The van der Waals surface area contributed by atoms with Crippen molar-refractivity contribution in [1.82, 2.24) is 10.6 Å². The van der Waals surface area contributed by atoms with Crippen molar-refractivity contribution in [3.63, 3.8) is 0 Å². The number of guanidine groups is 1. The van der Waals surface area contributed by atoms with E-state index in [1.54, 1.807) is 0 Å². The number of aryl methyl sites for hydroxylation is 1. The Morgan fingerprint density at radius 2 is 1.91 bits per heavy atom. The molecule has 4 nitrogen and oxygen atoms in total. The van der Waals surface area contributed by atoms with Gasteiger partial charge in [-0.1, -0.05) is 29.8 Å². The van der Waals surface area contributed by atoms with Crippen LogP contribution in [0, 0.1) is 12.8 Å². The van der Waals surface area contributed by atoms with Gasteiger partial charge in [-0.25, -0.2) is 0 Å². The van der Waals surface area contributed by atoms with Gasteiger partial charge in [-0.2, -0.15) is 0 Å². The number of nitrogens with zero attached hydrogens (tertiary/aromatic N) is 1. The van der Waals surface area contributed by atoms with E-state index < -0.39 is 0 Å². The van der Waals surface area contributed by atoms with Crippen LogP contribution in [-0.4, -0.2) is 39.3 Å². The summed E-state index contributed by atoms with van der Waals surface area (Å²) in [6.45, 7) is 5.69. The van der Waals surface area contributed by atoms with E-state index in [1.165, 1.54) is 24.0 Å². The molecular weight excluding hydrogens is 274 g/mol. The lowest BCUT2D eigenvalue weighted by molar-refractivity contribution is 0.123. The molecule has 4 heteroatoms. The number of ether oxygens (including phenoxy) is 1. The van der Waals surface area contributed by atoms with Crippen LogP contribution >= 0.6 is 0 Å². The van der Waals surface area contributed by atoms with Gasteiger partial charge in [0.25, 0.3) is 0 Å². The van der Waals surface area contributed by atoms with Crippen LogP contribution in [0.15, 0.2) is 29.3 Å². The number of hydrogen-bond donors (Lipinski definition) is 2. The Bertz CT molecular complexity index is 452. The van der Waals surface area contributed by atoms with Crippen molar-refractivity contribution in [3.8, 4) is 0 Å². The van der Waals surface area contributed by atoms with E-state index in [2.05, 4.69) is 46.8 Å². The summed E-state index contributed by atoms with van der Waals surface area (Å²) in [6.07, 6.45) is 4.74. The monoisotopic (exact) mass is 303 g/mol. The van der Waals surface area contributed by atoms with Crippen LogP contribution in [0.25, 0.3) is 0 Å². The Kier molecular flexibility index (Phi) is 7.23. The van der Waals surface area contributed by atoms with Crippen molar-refractivity contribution >= 4 is 5.96 Å². The molecule has 0 atom stereocenters. The fraction of sp³-hybridized carbons (Fsp3) is 0.611. The van der Waals surface area contributed by atoms with Crippen LogP contribution in [-0.2, 0) is 11.2 Å². The van der Waals surface area contributed by atoms with Crippen molar-refractivity contribution in [2.24, 2.45) is 10.9 Å². The minimum atomic E-state index is 0.837. The third kappa shape index (κ3) is 6.94. The van der Waals surface area contributed by atoms with Crippen molar-refractivity contribution in [2.45, 2.75) is 32.6 Å². The van der Waals surface area contributed by atoms with Gasteiger partial charge in [0, 0.05) is 33.4 Å². The van der Waals surface area contributed by atoms with Crippen LogP contribution < -0.4 is 10.6 Å². The summed E-state index contributed by atoms with van der Waals surface area (Å²) in [5.41, 5.74) is 2.65. The molecule has 0 unspecified atom stereocenters. The summed E-state index contributed by atoms with van der Waals surface area (Å²) in [5.74, 6) is 1.72. The van der Waals surface area contributed by atoms with Gasteiger partial charge < -0.3 is 15.4 Å². The highest BCUT2D eigenvalue weighted by atomic mass is 16.5. The zero-order valence-corrected chi connectivity index (χ0v) is 13.9. The van der Waals surface area contributed by atoms with Gasteiger partial charge in [-0.05, 0) is 44.1 Å². The normalized spacial score (nSPS) is 14.9. The number of benzene rings is 1. The smallest absolute Gasteiger partial charge is 0.190 e. The third-order valence-electron chi connectivity index (χ3n) is 3.86. The molecule has 1 aliphatic carbocycles. The van der Waals surface area contributed by atoms with Crippen molar-refractivity contribution in [1.29, 1.82) is 0 Å². The van der Waals surface area contributed by atoms with E-state index in [0.717, 1.165) is 51.0 Å². The van der Waals surface area contributed by atoms with Crippen molar-refractivity contribution in [2.75, 3.05) is 33.4 Å². The molecule has 1 fully saturated rings. The van der Waals surface area contributed by atoms with Crippen LogP contribution in [0.5, 0.6) is 0 Å². The first-order chi connectivity index (χ1) is 10.8. The molecule has 0 aromatic heterocycles. The standard InChI is InChI=1S/C18H29N3O/c1-15-4-6-16(7-5-15)10-12-21-18(19-2)20-11-3-13-22-14-17-8-9-17/h4-7,17H,3,8-14H2,1-2H3,(H2,19,20,21). The van der Waals surface area contributed by atoms with E-state index in [4.69, 9.17) is 4.74 Å². The van der Waals surface area contributed by atoms with E-state index in [1.807, 2.05) is 7.05 Å². The van der Waals surface area contributed by atoms with E-state index >= 15 is 0 Å². The average Bonchev–Trinajstić information content (AvgIpc) is 3.35. The molecule has 0 amide bonds. The molecule has 0 saturated heterocycles. The van der Waals surface area contributed by atoms with Crippen LogP contribution in [0.3, 0.4) is 0 Å². The first kappa shape index (κ1) is 16.8. The fourth-order valence-electron chi connectivity index (χ4n) is 2.22. The Morgan fingerprint density at radius 3 is 2.59 bits per heavy atom. The Hall–Kier alpha value is -1.55. The average molecular weight is 303 g/mol. The predicted octanol–water partition coefficient (Wildman–Crippen LogP) is 2.52. The minimum Gasteiger partial charge on any atom is -0.381 e. The van der Waals surface area contributed by atoms with Crippen LogP contribution in [0.1, 0.15) is 30.4 Å². The van der Waals surface area contributed by atoms with Gasteiger partial charge in [0.2, 0.25) is 0 Å². The number of rotatable bonds is 9. The maximum atomic E-state index is 5.62. The van der Waals surface area contributed by atoms with Gasteiger partial charge in [-0.15, -0.1) is 0 Å². The van der Waals surface area contributed by atoms with Crippen molar-refractivity contribution < 1.29 is 4.74 Å². The summed E-state index contributed by atoms with van der Waals surface area (Å²) in [5, 5.41) is 6.68. The molecule has 1 aromatic rings. The number of nitrogens with one attached hydrogen (secondary N) is 2. The van der Waals surface area contributed by atoms with E-state index in [9.17, 15) is 0 Å². The first-order valence-electron chi connectivity index (χ1n) is 8.35. The van der Waals surface area contributed by atoms with Crippen molar-refractivity contribution in [3.05, 3.63) is 35.4 Å². The Morgan fingerprint density at radius 1 is 1.18 bits per heavy atom. The van der Waals surface area contributed by atoms with Gasteiger partial charge in [-0.3, -0.25) is 4.99 Å². The summed E-state index contributed by atoms with van der Waals surface area (Å²) < 4.78 is 5.62. The molecule has 0 bridgehead atoms. The first-order valence-corrected chi connectivity index (χ1v) is 8.35. The predicted molar refractivity (Wildman–Crippen MR) is 92.4 cm³/mol. The second-order valence-corrected chi connectivity index (χ2v) is 6.03. The second kappa shape index (κ2) is 9.46.